The summed E-state index contributed by atoms with van der Waals surface area (Å²) in [5.74, 6) is 6.22. The second-order valence-corrected chi connectivity index (χ2v) is 3.47. The molecule has 1 heterocycles. The number of hydrazine groups is 1. The van der Waals surface area contributed by atoms with Crippen LogP contribution < -0.4 is 11.3 Å². The highest BCUT2D eigenvalue weighted by Crippen LogP contribution is 2.05. The molecule has 1 fully saturated rings. The number of morpholine rings is 1. The molecule has 1 saturated heterocycles. The van der Waals surface area contributed by atoms with E-state index in [4.69, 9.17) is 10.6 Å². The average Bonchev–Trinajstić information content (AvgIpc) is 2.21. The molecule has 5 nitrogen and oxygen atoms in total. The molecule has 1 rings (SSSR count). The standard InChI is InChI=1S/C9H20N4O/c1-3-4-11-9(12-10)13-5-6-14-7-8(13)2/h8H,3-7,10H2,1-2H3,(H,11,12). The Balaban J connectivity index is 2.57. The van der Waals surface area contributed by atoms with E-state index in [1.807, 2.05) is 0 Å². The maximum absolute atomic E-state index is 5.44. The van der Waals surface area contributed by atoms with E-state index in [-0.39, 0.29) is 0 Å². The Morgan fingerprint density at radius 2 is 2.50 bits per heavy atom. The van der Waals surface area contributed by atoms with Crippen LogP contribution in [-0.4, -0.2) is 43.2 Å². The number of guanidine groups is 1. The average molecular weight is 200 g/mol. The van der Waals surface area contributed by atoms with E-state index in [9.17, 15) is 0 Å². The van der Waals surface area contributed by atoms with Gasteiger partial charge in [-0.15, -0.1) is 0 Å². The first-order valence-corrected chi connectivity index (χ1v) is 5.15. The predicted octanol–water partition coefficient (Wildman–Crippen LogP) is -0.0636. The molecule has 0 aliphatic carbocycles. The highest BCUT2D eigenvalue weighted by Gasteiger charge is 2.21. The topological polar surface area (TPSA) is 62.9 Å². The van der Waals surface area contributed by atoms with Crippen LogP contribution in [0.2, 0.25) is 0 Å². The van der Waals surface area contributed by atoms with Crippen molar-refractivity contribution in [3.63, 3.8) is 0 Å². The number of hydrogen-bond acceptors (Lipinski definition) is 3. The summed E-state index contributed by atoms with van der Waals surface area (Å²) < 4.78 is 5.35. The summed E-state index contributed by atoms with van der Waals surface area (Å²) in [6, 6.07) is 0.343. The summed E-state index contributed by atoms with van der Waals surface area (Å²) in [6.07, 6.45) is 1.03. The van der Waals surface area contributed by atoms with E-state index < -0.39 is 0 Å². The Morgan fingerprint density at radius 1 is 1.71 bits per heavy atom. The lowest BCUT2D eigenvalue weighted by molar-refractivity contribution is 0.0315. The fraction of sp³-hybridized carbons (Fsp3) is 0.889. The van der Waals surface area contributed by atoms with Crippen molar-refractivity contribution in [2.24, 2.45) is 10.8 Å². The first-order chi connectivity index (χ1) is 6.79. The normalized spacial score (nSPS) is 23.8. The van der Waals surface area contributed by atoms with Crippen molar-refractivity contribution in [2.45, 2.75) is 26.3 Å². The van der Waals surface area contributed by atoms with Gasteiger partial charge in [0, 0.05) is 13.1 Å². The largest absolute Gasteiger partial charge is 0.377 e. The Hall–Kier alpha value is -0.810. The number of hydrogen-bond donors (Lipinski definition) is 2. The van der Waals surface area contributed by atoms with Crippen LogP contribution in [0.5, 0.6) is 0 Å². The highest BCUT2D eigenvalue weighted by atomic mass is 16.5. The minimum absolute atomic E-state index is 0.343. The molecule has 82 valence electrons. The summed E-state index contributed by atoms with van der Waals surface area (Å²) in [5, 5.41) is 0. The smallest absolute Gasteiger partial charge is 0.208 e. The van der Waals surface area contributed by atoms with Gasteiger partial charge in [-0.2, -0.15) is 0 Å². The van der Waals surface area contributed by atoms with Crippen LogP contribution in [0.3, 0.4) is 0 Å². The van der Waals surface area contributed by atoms with E-state index in [1.54, 1.807) is 0 Å². The van der Waals surface area contributed by atoms with Gasteiger partial charge in [0.2, 0.25) is 5.96 Å². The van der Waals surface area contributed by atoms with Crippen LogP contribution in [0.15, 0.2) is 4.99 Å². The second-order valence-electron chi connectivity index (χ2n) is 3.47. The number of aliphatic imine (C=N–C) groups is 1. The predicted molar refractivity (Wildman–Crippen MR) is 56.9 cm³/mol. The van der Waals surface area contributed by atoms with Gasteiger partial charge in [-0.1, -0.05) is 6.92 Å². The van der Waals surface area contributed by atoms with Gasteiger partial charge in [-0.05, 0) is 13.3 Å². The quantitative estimate of drug-likeness (QED) is 0.284. The first-order valence-electron chi connectivity index (χ1n) is 5.15. The molecule has 0 aromatic heterocycles. The monoisotopic (exact) mass is 200 g/mol. The zero-order valence-corrected chi connectivity index (χ0v) is 8.99. The van der Waals surface area contributed by atoms with Crippen molar-refractivity contribution in [1.82, 2.24) is 10.3 Å². The van der Waals surface area contributed by atoms with Gasteiger partial charge >= 0.3 is 0 Å². The number of nitrogens with two attached hydrogens (primary N) is 1. The van der Waals surface area contributed by atoms with E-state index in [0.717, 1.165) is 38.7 Å². The molecule has 1 atom stereocenters. The Bertz CT molecular complexity index is 195. The van der Waals surface area contributed by atoms with Gasteiger partial charge in [0.05, 0.1) is 19.3 Å². The second kappa shape index (κ2) is 5.82. The lowest BCUT2D eigenvalue weighted by Crippen LogP contribution is -2.53. The van der Waals surface area contributed by atoms with Gasteiger partial charge in [0.25, 0.3) is 0 Å². The van der Waals surface area contributed by atoms with Crippen LogP contribution in [0.4, 0.5) is 0 Å². The van der Waals surface area contributed by atoms with Crippen LogP contribution in [-0.2, 0) is 4.74 Å². The van der Waals surface area contributed by atoms with Crippen molar-refractivity contribution < 1.29 is 4.74 Å². The molecule has 1 aliphatic rings. The zero-order chi connectivity index (χ0) is 10.4. The van der Waals surface area contributed by atoms with Crippen molar-refractivity contribution in [3.05, 3.63) is 0 Å². The maximum Gasteiger partial charge on any atom is 0.208 e. The molecule has 0 bridgehead atoms. The minimum Gasteiger partial charge on any atom is -0.377 e. The van der Waals surface area contributed by atoms with E-state index in [2.05, 4.69) is 29.2 Å². The Kier molecular flexibility index (Phi) is 4.69. The van der Waals surface area contributed by atoms with Crippen molar-refractivity contribution >= 4 is 5.96 Å². The SMILES string of the molecule is CCCN=C(NN)N1CCOCC1C. The highest BCUT2D eigenvalue weighted by molar-refractivity contribution is 5.79. The molecular formula is C9H20N4O. The van der Waals surface area contributed by atoms with Crippen molar-refractivity contribution in [3.8, 4) is 0 Å². The van der Waals surface area contributed by atoms with E-state index in [0.29, 0.717) is 6.04 Å². The number of rotatable bonds is 2. The molecule has 0 aromatic carbocycles. The first kappa shape index (κ1) is 11.3. The summed E-state index contributed by atoms with van der Waals surface area (Å²) in [4.78, 5) is 6.54. The Labute approximate surface area is 85.3 Å². The van der Waals surface area contributed by atoms with Gasteiger partial charge in [0.15, 0.2) is 0 Å². The van der Waals surface area contributed by atoms with Gasteiger partial charge in [-0.3, -0.25) is 10.4 Å². The fourth-order valence-electron chi connectivity index (χ4n) is 1.48. The lowest BCUT2D eigenvalue weighted by Gasteiger charge is -2.35. The third kappa shape index (κ3) is 2.85. The molecule has 0 spiro atoms. The molecule has 0 amide bonds. The van der Waals surface area contributed by atoms with E-state index >= 15 is 0 Å². The molecule has 1 unspecified atom stereocenters. The molecule has 0 aromatic rings. The maximum atomic E-state index is 5.44. The summed E-state index contributed by atoms with van der Waals surface area (Å²) in [6.45, 7) is 7.36. The molecule has 1 aliphatic heterocycles. The summed E-state index contributed by atoms with van der Waals surface area (Å²) in [5.41, 5.74) is 2.66. The minimum atomic E-state index is 0.343. The molecular weight excluding hydrogens is 180 g/mol. The summed E-state index contributed by atoms with van der Waals surface area (Å²) >= 11 is 0. The molecule has 14 heavy (non-hydrogen) atoms. The number of ether oxygens (including phenoxy) is 1. The van der Waals surface area contributed by atoms with Gasteiger partial charge in [-0.25, -0.2) is 5.84 Å². The molecule has 0 saturated carbocycles. The van der Waals surface area contributed by atoms with Gasteiger partial charge in [0.1, 0.15) is 0 Å². The van der Waals surface area contributed by atoms with Crippen molar-refractivity contribution in [1.29, 1.82) is 0 Å². The molecule has 3 N–H and O–H groups in total. The zero-order valence-electron chi connectivity index (χ0n) is 8.99. The third-order valence-electron chi connectivity index (χ3n) is 2.25. The summed E-state index contributed by atoms with van der Waals surface area (Å²) in [7, 11) is 0. The van der Waals surface area contributed by atoms with Crippen LogP contribution in [0.1, 0.15) is 20.3 Å². The number of nitrogens with zero attached hydrogens (tertiary/aromatic N) is 2. The number of nitrogens with one attached hydrogen (secondary N) is 1. The molecule has 0 radical (unpaired) electrons. The van der Waals surface area contributed by atoms with Crippen LogP contribution in [0, 0.1) is 0 Å². The van der Waals surface area contributed by atoms with Crippen LogP contribution in [0.25, 0.3) is 0 Å². The fourth-order valence-corrected chi connectivity index (χ4v) is 1.48. The lowest BCUT2D eigenvalue weighted by atomic mass is 10.3. The Morgan fingerprint density at radius 3 is 3.07 bits per heavy atom. The third-order valence-corrected chi connectivity index (χ3v) is 2.25. The van der Waals surface area contributed by atoms with Crippen LogP contribution >= 0.6 is 0 Å². The van der Waals surface area contributed by atoms with E-state index in [1.165, 1.54) is 0 Å². The van der Waals surface area contributed by atoms with Crippen molar-refractivity contribution in [2.75, 3.05) is 26.3 Å². The molecule has 5 heteroatoms. The van der Waals surface area contributed by atoms with Gasteiger partial charge < -0.3 is 9.64 Å².